The number of nitrogens with one attached hydrogen (secondary N) is 1. The molecule has 0 aliphatic carbocycles. The number of aromatic nitrogens is 2. The fourth-order valence-electron chi connectivity index (χ4n) is 2.09. The Bertz CT molecular complexity index is 500. The molecule has 0 aliphatic rings. The van der Waals surface area contributed by atoms with Crippen molar-refractivity contribution in [1.82, 2.24) is 14.7 Å². The van der Waals surface area contributed by atoms with Crippen molar-refractivity contribution < 1.29 is 5.11 Å². The zero-order chi connectivity index (χ0) is 15.3. The molecule has 0 saturated heterocycles. The summed E-state index contributed by atoms with van der Waals surface area (Å²) in [5.74, 6) is 0. The molecule has 1 rings (SSSR count). The molecule has 7 heteroatoms. The molecule has 0 bridgehead atoms. The predicted molar refractivity (Wildman–Crippen MR) is 84.1 cm³/mol. The summed E-state index contributed by atoms with van der Waals surface area (Å²) in [4.78, 5) is 14.1. The molecule has 0 saturated carbocycles. The van der Waals surface area contributed by atoms with Gasteiger partial charge in [-0.25, -0.2) is 4.68 Å². The average Bonchev–Trinajstić information content (AvgIpc) is 2.33. The van der Waals surface area contributed by atoms with Crippen molar-refractivity contribution in [3.8, 4) is 0 Å². The van der Waals surface area contributed by atoms with Crippen molar-refractivity contribution in [2.75, 3.05) is 39.1 Å². The molecule has 0 amide bonds. The summed E-state index contributed by atoms with van der Waals surface area (Å²) in [6.07, 6.45) is 1.60. The van der Waals surface area contributed by atoms with Crippen LogP contribution in [0.3, 0.4) is 0 Å². The van der Waals surface area contributed by atoms with E-state index in [0.717, 1.165) is 13.1 Å². The minimum atomic E-state index is -0.241. The predicted octanol–water partition coefficient (Wildman–Crippen LogP) is 0.998. The number of nitrogens with zero attached hydrogens (tertiary/aromatic N) is 3. The van der Waals surface area contributed by atoms with Gasteiger partial charge in [-0.05, 0) is 35.4 Å². The van der Waals surface area contributed by atoms with Gasteiger partial charge in [-0.3, -0.25) is 4.79 Å². The van der Waals surface area contributed by atoms with Crippen LogP contribution in [0.4, 0.5) is 5.69 Å². The number of hydrogen-bond acceptors (Lipinski definition) is 5. The molecule has 0 spiro atoms. The van der Waals surface area contributed by atoms with Gasteiger partial charge in [-0.15, -0.1) is 0 Å². The largest absolute Gasteiger partial charge is 0.394 e. The highest BCUT2D eigenvalue weighted by molar-refractivity contribution is 9.10. The molecular weight excluding hydrogens is 324 g/mol. The van der Waals surface area contributed by atoms with Gasteiger partial charge < -0.3 is 15.3 Å². The van der Waals surface area contributed by atoms with E-state index in [0.29, 0.717) is 10.2 Å². The van der Waals surface area contributed by atoms with Crippen LogP contribution >= 0.6 is 15.9 Å². The third-order valence-corrected chi connectivity index (χ3v) is 3.56. The Morgan fingerprint density at radius 2 is 2.15 bits per heavy atom. The Labute approximate surface area is 127 Å². The molecule has 1 aromatic heterocycles. The third-order valence-electron chi connectivity index (χ3n) is 2.80. The van der Waals surface area contributed by atoms with E-state index in [4.69, 9.17) is 5.11 Å². The van der Waals surface area contributed by atoms with E-state index < -0.39 is 0 Å². The van der Waals surface area contributed by atoms with Crippen LogP contribution in [0.2, 0.25) is 0 Å². The number of aliphatic hydroxyl groups excluding tert-OH is 1. The highest BCUT2D eigenvalue weighted by Gasteiger charge is 2.19. The summed E-state index contributed by atoms with van der Waals surface area (Å²) in [5.41, 5.74) is 0.508. The second-order valence-electron chi connectivity index (χ2n) is 5.88. The molecule has 1 heterocycles. The van der Waals surface area contributed by atoms with Crippen molar-refractivity contribution in [3.05, 3.63) is 21.0 Å². The lowest BCUT2D eigenvalue weighted by Crippen LogP contribution is -2.35. The van der Waals surface area contributed by atoms with E-state index in [1.807, 2.05) is 14.1 Å². The lowest BCUT2D eigenvalue weighted by atomic mass is 9.93. The third kappa shape index (κ3) is 4.88. The van der Waals surface area contributed by atoms with Gasteiger partial charge in [0.2, 0.25) is 0 Å². The molecule has 0 unspecified atom stereocenters. The van der Waals surface area contributed by atoms with Crippen molar-refractivity contribution in [1.29, 1.82) is 0 Å². The van der Waals surface area contributed by atoms with Crippen LogP contribution in [0, 0.1) is 5.41 Å². The van der Waals surface area contributed by atoms with Gasteiger partial charge in [0.1, 0.15) is 4.47 Å². The van der Waals surface area contributed by atoms with Gasteiger partial charge in [0.05, 0.1) is 25.0 Å². The Balaban J connectivity index is 2.79. The number of halogens is 1. The van der Waals surface area contributed by atoms with Gasteiger partial charge >= 0.3 is 0 Å². The smallest absolute Gasteiger partial charge is 0.283 e. The van der Waals surface area contributed by atoms with Gasteiger partial charge in [-0.1, -0.05) is 13.8 Å². The fourth-order valence-corrected chi connectivity index (χ4v) is 2.54. The zero-order valence-electron chi connectivity index (χ0n) is 12.5. The first-order chi connectivity index (χ1) is 9.26. The van der Waals surface area contributed by atoms with Gasteiger partial charge in [-0.2, -0.15) is 5.10 Å². The number of hydrogen-bond donors (Lipinski definition) is 2. The lowest BCUT2D eigenvalue weighted by Gasteiger charge is -2.29. The van der Waals surface area contributed by atoms with Crippen LogP contribution in [0.1, 0.15) is 13.8 Å². The highest BCUT2D eigenvalue weighted by atomic mass is 79.9. The van der Waals surface area contributed by atoms with Gasteiger partial charge in [0.15, 0.2) is 0 Å². The summed E-state index contributed by atoms with van der Waals surface area (Å²) in [6, 6.07) is 0. The van der Waals surface area contributed by atoms with Gasteiger partial charge in [0.25, 0.3) is 5.56 Å². The van der Waals surface area contributed by atoms with Crippen molar-refractivity contribution in [2.45, 2.75) is 20.4 Å². The summed E-state index contributed by atoms with van der Waals surface area (Å²) in [6.45, 7) is 6.08. The lowest BCUT2D eigenvalue weighted by molar-refractivity contribution is 0.254. The molecule has 0 fully saturated rings. The van der Waals surface area contributed by atoms with Crippen LogP contribution in [-0.4, -0.2) is 53.6 Å². The normalized spacial score (nSPS) is 11.9. The first-order valence-electron chi connectivity index (χ1n) is 6.52. The molecule has 2 N–H and O–H groups in total. The first-order valence-corrected chi connectivity index (χ1v) is 7.31. The summed E-state index contributed by atoms with van der Waals surface area (Å²) < 4.78 is 1.68. The van der Waals surface area contributed by atoms with Crippen molar-refractivity contribution in [2.24, 2.45) is 5.41 Å². The minimum Gasteiger partial charge on any atom is -0.394 e. The van der Waals surface area contributed by atoms with E-state index in [2.05, 4.69) is 45.1 Å². The van der Waals surface area contributed by atoms with Crippen LogP contribution in [0.15, 0.2) is 15.5 Å². The number of rotatable bonds is 7. The summed E-state index contributed by atoms with van der Waals surface area (Å²) >= 11 is 3.29. The fraction of sp³-hybridized carbons (Fsp3) is 0.692. The molecular formula is C13H23BrN4O2. The maximum absolute atomic E-state index is 12.0. The quantitative estimate of drug-likeness (QED) is 0.770. The number of anilines is 1. The minimum absolute atomic E-state index is 0.0723. The second-order valence-corrected chi connectivity index (χ2v) is 6.67. The molecule has 20 heavy (non-hydrogen) atoms. The summed E-state index contributed by atoms with van der Waals surface area (Å²) in [7, 11) is 4.07. The molecule has 0 radical (unpaired) electrons. The standard InChI is InChI=1S/C13H23BrN4O2/c1-13(2,9-17(3)4)8-15-10-7-16-18(5-6-19)12(20)11(10)14/h7,15,19H,5-6,8-9H2,1-4H3. The van der Waals surface area contributed by atoms with Crippen molar-refractivity contribution in [3.63, 3.8) is 0 Å². The zero-order valence-corrected chi connectivity index (χ0v) is 14.1. The summed E-state index contributed by atoms with van der Waals surface area (Å²) in [5, 5.41) is 16.2. The van der Waals surface area contributed by atoms with E-state index in [1.165, 1.54) is 4.68 Å². The number of aliphatic hydroxyl groups is 1. The molecule has 1 aromatic rings. The molecule has 114 valence electrons. The Kier molecular flexibility index (Phi) is 6.16. The monoisotopic (exact) mass is 346 g/mol. The van der Waals surface area contributed by atoms with Crippen LogP contribution in [-0.2, 0) is 6.54 Å². The van der Waals surface area contributed by atoms with Crippen LogP contribution in [0.25, 0.3) is 0 Å². The van der Waals surface area contributed by atoms with E-state index in [-0.39, 0.29) is 24.1 Å². The Morgan fingerprint density at radius 3 is 2.70 bits per heavy atom. The van der Waals surface area contributed by atoms with Crippen LogP contribution < -0.4 is 10.9 Å². The van der Waals surface area contributed by atoms with E-state index in [9.17, 15) is 4.79 Å². The van der Waals surface area contributed by atoms with Crippen LogP contribution in [0.5, 0.6) is 0 Å². The van der Waals surface area contributed by atoms with Crippen molar-refractivity contribution >= 4 is 21.6 Å². The highest BCUT2D eigenvalue weighted by Crippen LogP contribution is 2.21. The van der Waals surface area contributed by atoms with E-state index >= 15 is 0 Å². The first kappa shape index (κ1) is 17.1. The molecule has 0 aromatic carbocycles. The maximum Gasteiger partial charge on any atom is 0.283 e. The molecule has 0 atom stereocenters. The Hall–Kier alpha value is -0.920. The molecule has 0 aliphatic heterocycles. The average molecular weight is 347 g/mol. The Morgan fingerprint density at radius 1 is 1.50 bits per heavy atom. The van der Waals surface area contributed by atoms with E-state index in [1.54, 1.807) is 6.20 Å². The SMILES string of the molecule is CN(C)CC(C)(C)CNc1cnn(CCO)c(=O)c1Br. The van der Waals surface area contributed by atoms with Gasteiger partial charge in [0, 0.05) is 13.1 Å². The maximum atomic E-state index is 12.0. The molecule has 6 nitrogen and oxygen atoms in total. The second kappa shape index (κ2) is 7.19. The topological polar surface area (TPSA) is 70.4 Å².